The van der Waals surface area contributed by atoms with E-state index in [9.17, 15) is 35.9 Å². The number of halogens is 6. The van der Waals surface area contributed by atoms with Crippen molar-refractivity contribution < 1.29 is 35.9 Å². The first kappa shape index (κ1) is 26.1. The summed E-state index contributed by atoms with van der Waals surface area (Å²) in [5.74, 6) is 0.215. The third-order valence-electron chi connectivity index (χ3n) is 9.49. The average molecular weight is 529 g/mol. The fraction of sp³-hybridized carbons (Fsp3) is 0.630. The molecule has 7 atom stereocenters. The van der Waals surface area contributed by atoms with E-state index in [1.165, 1.54) is 0 Å². The molecule has 0 radical (unpaired) electrons. The maximum absolute atomic E-state index is 13.7. The highest BCUT2D eigenvalue weighted by Gasteiger charge is 2.53. The van der Waals surface area contributed by atoms with Crippen LogP contribution >= 0.6 is 0 Å². The zero-order valence-electron chi connectivity index (χ0n) is 20.6. The summed E-state index contributed by atoms with van der Waals surface area (Å²) < 4.78 is 80.9. The number of amides is 2. The van der Waals surface area contributed by atoms with Crippen molar-refractivity contribution in [2.24, 2.45) is 35.5 Å². The van der Waals surface area contributed by atoms with E-state index in [1.54, 1.807) is 6.08 Å². The Kier molecular flexibility index (Phi) is 6.38. The van der Waals surface area contributed by atoms with Gasteiger partial charge in [0.05, 0.1) is 16.8 Å². The maximum atomic E-state index is 13.7. The van der Waals surface area contributed by atoms with Crippen LogP contribution in [0.4, 0.5) is 32.0 Å². The van der Waals surface area contributed by atoms with Crippen molar-refractivity contribution >= 4 is 17.5 Å². The lowest BCUT2D eigenvalue weighted by Crippen LogP contribution is -2.53. The summed E-state index contributed by atoms with van der Waals surface area (Å²) in [6.07, 6.45) is -1.34. The number of likely N-dealkylation sites (N-methyl/N-ethyl adjacent to an activating group) is 1. The molecule has 202 valence electrons. The van der Waals surface area contributed by atoms with Gasteiger partial charge in [-0.15, -0.1) is 0 Å². The van der Waals surface area contributed by atoms with Crippen molar-refractivity contribution in [3.63, 3.8) is 0 Å². The van der Waals surface area contributed by atoms with Crippen LogP contribution < -0.4 is 4.90 Å². The van der Waals surface area contributed by atoms with E-state index in [0.717, 1.165) is 44.1 Å². The molecule has 5 rings (SSSR count). The van der Waals surface area contributed by atoms with Crippen molar-refractivity contribution in [1.82, 2.24) is 4.90 Å². The summed E-state index contributed by atoms with van der Waals surface area (Å²) in [6.45, 7) is 0. The maximum Gasteiger partial charge on any atom is 0.418 e. The number of alkyl halides is 6. The Hall–Kier alpha value is -2.52. The van der Waals surface area contributed by atoms with Gasteiger partial charge >= 0.3 is 12.4 Å². The Balaban J connectivity index is 1.38. The zero-order chi connectivity index (χ0) is 26.9. The Morgan fingerprint density at radius 1 is 0.892 bits per heavy atom. The topological polar surface area (TPSA) is 40.6 Å². The number of nitrogens with zero attached hydrogens (tertiary/aromatic N) is 2. The molecule has 0 aromatic heterocycles. The Morgan fingerprint density at radius 2 is 1.51 bits per heavy atom. The highest BCUT2D eigenvalue weighted by atomic mass is 19.4. The molecule has 4 aliphatic rings. The molecule has 0 spiro atoms. The van der Waals surface area contributed by atoms with Crippen LogP contribution in [0.3, 0.4) is 0 Å². The Morgan fingerprint density at radius 3 is 2.19 bits per heavy atom. The average Bonchev–Trinajstić information content (AvgIpc) is 3.28. The molecule has 3 saturated carbocycles. The number of hydrogen-bond acceptors (Lipinski definition) is 2. The summed E-state index contributed by atoms with van der Waals surface area (Å²) in [6, 6.07) is 1.40. The zero-order valence-corrected chi connectivity index (χ0v) is 20.6. The van der Waals surface area contributed by atoms with Gasteiger partial charge in [0.2, 0.25) is 11.8 Å². The van der Waals surface area contributed by atoms with Crippen LogP contribution in [-0.4, -0.2) is 36.9 Å². The number of anilines is 1. The second kappa shape index (κ2) is 9.05. The summed E-state index contributed by atoms with van der Waals surface area (Å²) >= 11 is 0. The molecule has 4 nitrogen and oxygen atoms in total. The highest BCUT2D eigenvalue weighted by molar-refractivity contribution is 5.96. The van der Waals surface area contributed by atoms with Gasteiger partial charge in [-0.05, 0) is 86.5 Å². The first-order valence-electron chi connectivity index (χ1n) is 12.8. The lowest BCUT2D eigenvalue weighted by atomic mass is 9.56. The van der Waals surface area contributed by atoms with Gasteiger partial charge in [-0.3, -0.25) is 9.59 Å². The van der Waals surface area contributed by atoms with Gasteiger partial charge in [-0.2, -0.15) is 26.3 Å². The number of rotatable bonds is 2. The molecular weight excluding hydrogens is 498 g/mol. The minimum atomic E-state index is -4.90. The van der Waals surface area contributed by atoms with E-state index in [4.69, 9.17) is 0 Å². The van der Waals surface area contributed by atoms with Gasteiger partial charge < -0.3 is 9.80 Å². The Labute approximate surface area is 211 Å². The lowest BCUT2D eigenvalue weighted by Gasteiger charge is -2.52. The fourth-order valence-electron chi connectivity index (χ4n) is 7.81. The quantitative estimate of drug-likeness (QED) is 0.432. The predicted octanol–water partition coefficient (Wildman–Crippen LogP) is 6.16. The summed E-state index contributed by atoms with van der Waals surface area (Å²) in [4.78, 5) is 28.3. The first-order valence-corrected chi connectivity index (χ1v) is 12.8. The van der Waals surface area contributed by atoms with E-state index in [0.29, 0.717) is 36.5 Å². The van der Waals surface area contributed by atoms with E-state index >= 15 is 0 Å². The second-order valence-corrected chi connectivity index (χ2v) is 11.1. The molecule has 37 heavy (non-hydrogen) atoms. The number of hydrogen-bond donors (Lipinski definition) is 0. The molecule has 1 heterocycles. The standard InChI is InChI=1S/C27H30F6N2O2/c1-34-22-11-8-16-15-6-7-20(18(15)5-4-17(16)19(22)9-12-24(34)36)25(37)35(2)23-13-14(26(28,29)30)3-10-21(23)27(31,32)33/h3,9-10,12-13,15-20,22H,4-8,11H2,1-2H3/t15-,16-,17-,18-,19+,20-,22+/m0/s1. The molecule has 3 aliphatic carbocycles. The number of carbonyl (C=O) groups is 2. The normalized spacial score (nSPS) is 33.6. The third-order valence-corrected chi connectivity index (χ3v) is 9.49. The molecule has 0 bridgehead atoms. The van der Waals surface area contributed by atoms with E-state index in [-0.39, 0.29) is 29.7 Å². The minimum absolute atomic E-state index is 0.000169. The van der Waals surface area contributed by atoms with Crippen molar-refractivity contribution in [2.45, 2.75) is 56.9 Å². The van der Waals surface area contributed by atoms with Gasteiger partial charge in [0.1, 0.15) is 0 Å². The third kappa shape index (κ3) is 4.44. The second-order valence-electron chi connectivity index (χ2n) is 11.1. The lowest BCUT2D eigenvalue weighted by molar-refractivity contribution is -0.141. The van der Waals surface area contributed by atoms with Gasteiger partial charge in [0, 0.05) is 32.0 Å². The molecule has 1 aliphatic heterocycles. The van der Waals surface area contributed by atoms with Crippen LogP contribution in [-0.2, 0) is 21.9 Å². The summed E-state index contributed by atoms with van der Waals surface area (Å²) in [7, 11) is 2.98. The van der Waals surface area contributed by atoms with Crippen molar-refractivity contribution in [2.75, 3.05) is 19.0 Å². The highest BCUT2D eigenvalue weighted by Crippen LogP contribution is 2.57. The minimum Gasteiger partial charge on any atom is -0.339 e. The molecule has 1 aromatic carbocycles. The molecule has 10 heteroatoms. The predicted molar refractivity (Wildman–Crippen MR) is 124 cm³/mol. The summed E-state index contributed by atoms with van der Waals surface area (Å²) in [5.41, 5.74) is -3.23. The molecule has 1 aromatic rings. The van der Waals surface area contributed by atoms with Gasteiger partial charge in [-0.1, -0.05) is 6.08 Å². The first-order chi connectivity index (χ1) is 17.3. The molecule has 0 N–H and O–H groups in total. The molecule has 0 unspecified atom stereocenters. The van der Waals surface area contributed by atoms with Crippen LogP contribution in [0.2, 0.25) is 0 Å². The van der Waals surface area contributed by atoms with Crippen LogP contribution in [0.5, 0.6) is 0 Å². The van der Waals surface area contributed by atoms with Crippen molar-refractivity contribution in [3.05, 3.63) is 41.5 Å². The number of carbonyl (C=O) groups excluding carboxylic acids is 2. The van der Waals surface area contributed by atoms with Crippen molar-refractivity contribution in [3.8, 4) is 0 Å². The van der Waals surface area contributed by atoms with Crippen LogP contribution in [0, 0.1) is 35.5 Å². The van der Waals surface area contributed by atoms with E-state index in [1.807, 2.05) is 18.0 Å². The van der Waals surface area contributed by atoms with Gasteiger partial charge in [0.25, 0.3) is 0 Å². The smallest absolute Gasteiger partial charge is 0.339 e. The molecule has 0 saturated heterocycles. The molecular formula is C27H30F6N2O2. The number of benzene rings is 1. The summed E-state index contributed by atoms with van der Waals surface area (Å²) in [5, 5.41) is 0. The fourth-order valence-corrected chi connectivity index (χ4v) is 7.81. The molecule has 3 fully saturated rings. The number of fused-ring (bicyclic) bond motifs is 5. The SMILES string of the molecule is CN(C(=O)[C@H]1CC[C@H]2[C@@H]3CC[C@@H]4[C@H](C=CC(=O)N4C)[C@H]3CC[C@@H]21)c1cc(C(F)(F)F)ccc1C(F)(F)F. The largest absolute Gasteiger partial charge is 0.418 e. The van der Waals surface area contributed by atoms with Gasteiger partial charge in [-0.25, -0.2) is 0 Å². The van der Waals surface area contributed by atoms with E-state index in [2.05, 4.69) is 0 Å². The van der Waals surface area contributed by atoms with Crippen LogP contribution in [0.1, 0.15) is 49.7 Å². The Bertz CT molecular complexity index is 1110. The van der Waals surface area contributed by atoms with Gasteiger partial charge in [0.15, 0.2) is 0 Å². The van der Waals surface area contributed by atoms with Crippen LogP contribution in [0.25, 0.3) is 0 Å². The monoisotopic (exact) mass is 528 g/mol. The molecule has 2 amide bonds. The van der Waals surface area contributed by atoms with E-state index < -0.39 is 41.0 Å². The van der Waals surface area contributed by atoms with Crippen LogP contribution in [0.15, 0.2) is 30.4 Å². The van der Waals surface area contributed by atoms with Crippen molar-refractivity contribution in [1.29, 1.82) is 0 Å².